The van der Waals surface area contributed by atoms with Crippen molar-refractivity contribution in [3.05, 3.63) is 85.1 Å². The predicted molar refractivity (Wildman–Crippen MR) is 154 cm³/mol. The molecule has 0 bridgehead atoms. The quantitative estimate of drug-likeness (QED) is 0.282. The summed E-state index contributed by atoms with van der Waals surface area (Å²) in [6.45, 7) is 2.70. The molecule has 3 amide bonds. The Morgan fingerprint density at radius 1 is 0.805 bits per heavy atom. The first-order chi connectivity index (χ1) is 20.0. The highest BCUT2D eigenvalue weighted by atomic mass is 16.6. The van der Waals surface area contributed by atoms with Crippen LogP contribution in [0.2, 0.25) is 0 Å². The third kappa shape index (κ3) is 5.82. The van der Waals surface area contributed by atoms with Gasteiger partial charge in [0.05, 0.1) is 5.52 Å². The smallest absolute Gasteiger partial charge is 0.415 e. The molecule has 3 aromatic carbocycles. The summed E-state index contributed by atoms with van der Waals surface area (Å²) >= 11 is 0. The van der Waals surface area contributed by atoms with Crippen molar-refractivity contribution in [2.24, 2.45) is 5.41 Å². The Balaban J connectivity index is 1.09. The van der Waals surface area contributed by atoms with Gasteiger partial charge >= 0.3 is 6.09 Å². The number of carbonyl (C=O) groups is 3. The molecule has 10 heteroatoms. The lowest BCUT2D eigenvalue weighted by atomic mass is 10.0. The number of fused-ring (bicyclic) bond motifs is 1. The molecule has 4 aromatic rings. The lowest BCUT2D eigenvalue weighted by molar-refractivity contribution is -0.131. The summed E-state index contributed by atoms with van der Waals surface area (Å²) in [5.74, 6) is 0.936. The number of benzene rings is 3. The lowest BCUT2D eigenvalue weighted by Crippen LogP contribution is -2.47. The number of aromatic nitrogens is 1. The highest BCUT2D eigenvalue weighted by molar-refractivity contribution is 6.16. The first kappa shape index (κ1) is 26.3. The monoisotopic (exact) mass is 551 g/mol. The molecule has 41 heavy (non-hydrogen) atoms. The van der Waals surface area contributed by atoms with E-state index in [9.17, 15) is 14.4 Å². The van der Waals surface area contributed by atoms with Crippen LogP contribution >= 0.6 is 0 Å². The predicted octanol–water partition coefficient (Wildman–Crippen LogP) is 4.79. The van der Waals surface area contributed by atoms with E-state index in [0.717, 1.165) is 18.5 Å². The van der Waals surface area contributed by atoms with Crippen molar-refractivity contribution < 1.29 is 23.9 Å². The molecule has 1 aromatic heterocycles. The maximum absolute atomic E-state index is 13.0. The van der Waals surface area contributed by atoms with E-state index in [-0.39, 0.29) is 17.9 Å². The molecule has 2 fully saturated rings. The second-order valence-electron chi connectivity index (χ2n) is 10.1. The van der Waals surface area contributed by atoms with E-state index in [1.807, 2.05) is 24.3 Å². The number of para-hydroxylation sites is 1. The van der Waals surface area contributed by atoms with Crippen molar-refractivity contribution >= 4 is 40.2 Å². The van der Waals surface area contributed by atoms with Crippen molar-refractivity contribution in [1.29, 1.82) is 0 Å². The second-order valence-corrected chi connectivity index (χ2v) is 10.1. The Bertz CT molecular complexity index is 1580. The SMILES string of the molecule is O=C(Oc1ccc2c(Oc3ccc(NC(=O)C4(C(=O)Nc5ccccc5)CC4)cc3)ccnc2c1)N1CCNCC1. The Morgan fingerprint density at radius 3 is 2.15 bits per heavy atom. The zero-order valence-corrected chi connectivity index (χ0v) is 22.3. The van der Waals surface area contributed by atoms with Gasteiger partial charge in [-0.05, 0) is 67.4 Å². The van der Waals surface area contributed by atoms with E-state index in [1.165, 1.54) is 0 Å². The number of ether oxygens (including phenoxy) is 2. The van der Waals surface area contributed by atoms with E-state index in [4.69, 9.17) is 9.47 Å². The highest BCUT2D eigenvalue weighted by Gasteiger charge is 2.56. The Morgan fingerprint density at radius 2 is 1.46 bits per heavy atom. The topological polar surface area (TPSA) is 122 Å². The van der Waals surface area contributed by atoms with Gasteiger partial charge in [0.2, 0.25) is 11.8 Å². The van der Waals surface area contributed by atoms with E-state index in [2.05, 4.69) is 20.9 Å². The molecule has 1 aliphatic heterocycles. The molecule has 6 rings (SSSR count). The van der Waals surface area contributed by atoms with Crippen molar-refractivity contribution in [3.63, 3.8) is 0 Å². The van der Waals surface area contributed by atoms with Crippen molar-refractivity contribution in [1.82, 2.24) is 15.2 Å². The average molecular weight is 552 g/mol. The lowest BCUT2D eigenvalue weighted by Gasteiger charge is -2.26. The van der Waals surface area contributed by atoms with Gasteiger partial charge in [0.1, 0.15) is 22.7 Å². The standard InChI is InChI=1S/C31H29N5O5/c37-28(34-21-4-2-1-3-5-21)31(13-14-31)29(38)35-22-6-8-23(9-7-22)40-27-12-15-33-26-20-24(10-11-25(26)27)41-30(39)36-18-16-32-17-19-36/h1-12,15,20,32H,13-14,16-19H2,(H,34,37)(H,35,38). The van der Waals surface area contributed by atoms with Crippen LogP contribution in [0.4, 0.5) is 16.2 Å². The third-order valence-electron chi connectivity index (χ3n) is 7.25. The number of piperazine rings is 1. The summed E-state index contributed by atoms with van der Waals surface area (Å²) in [5.41, 5.74) is 0.797. The molecule has 2 aliphatic rings. The van der Waals surface area contributed by atoms with Gasteiger partial charge in [0.15, 0.2) is 0 Å². The molecule has 208 valence electrons. The van der Waals surface area contributed by atoms with E-state index < -0.39 is 5.41 Å². The minimum absolute atomic E-state index is 0.299. The molecule has 3 N–H and O–H groups in total. The molecule has 0 spiro atoms. The zero-order chi connectivity index (χ0) is 28.2. The maximum Gasteiger partial charge on any atom is 0.415 e. The van der Waals surface area contributed by atoms with Crippen LogP contribution in [0.3, 0.4) is 0 Å². The van der Waals surface area contributed by atoms with Gasteiger partial charge in [0.25, 0.3) is 0 Å². The molecule has 0 unspecified atom stereocenters. The molecular formula is C31H29N5O5. The van der Waals surface area contributed by atoms with Crippen LogP contribution in [-0.2, 0) is 9.59 Å². The average Bonchev–Trinajstić information content (AvgIpc) is 3.82. The number of anilines is 2. The van der Waals surface area contributed by atoms with Gasteiger partial charge in [-0.1, -0.05) is 18.2 Å². The van der Waals surface area contributed by atoms with Crippen LogP contribution < -0.4 is 25.4 Å². The number of rotatable bonds is 7. The second kappa shape index (κ2) is 11.3. The zero-order valence-electron chi connectivity index (χ0n) is 22.3. The van der Waals surface area contributed by atoms with Crippen LogP contribution in [0, 0.1) is 5.41 Å². The van der Waals surface area contributed by atoms with Gasteiger partial charge in [-0.15, -0.1) is 0 Å². The maximum atomic E-state index is 13.0. The minimum atomic E-state index is -1.06. The van der Waals surface area contributed by atoms with E-state index >= 15 is 0 Å². The van der Waals surface area contributed by atoms with Gasteiger partial charge in [-0.2, -0.15) is 0 Å². The van der Waals surface area contributed by atoms with Crippen LogP contribution in [0.25, 0.3) is 10.9 Å². The highest BCUT2D eigenvalue weighted by Crippen LogP contribution is 2.47. The first-order valence-electron chi connectivity index (χ1n) is 13.5. The van der Waals surface area contributed by atoms with Crippen molar-refractivity contribution in [2.75, 3.05) is 36.8 Å². The first-order valence-corrected chi connectivity index (χ1v) is 13.5. The largest absolute Gasteiger partial charge is 0.457 e. The van der Waals surface area contributed by atoms with Crippen molar-refractivity contribution in [2.45, 2.75) is 12.8 Å². The van der Waals surface area contributed by atoms with Gasteiger partial charge in [0, 0.05) is 55.2 Å². The summed E-state index contributed by atoms with van der Waals surface area (Å²) in [7, 11) is 0. The molecule has 1 aliphatic carbocycles. The Hall–Kier alpha value is -4.96. The van der Waals surface area contributed by atoms with Gasteiger partial charge < -0.3 is 30.3 Å². The summed E-state index contributed by atoms with van der Waals surface area (Å²) in [6, 6.07) is 23.1. The number of hydrogen-bond donors (Lipinski definition) is 3. The van der Waals surface area contributed by atoms with Crippen LogP contribution in [0.1, 0.15) is 12.8 Å². The van der Waals surface area contributed by atoms with Gasteiger partial charge in [-0.25, -0.2) is 4.79 Å². The molecule has 10 nitrogen and oxygen atoms in total. The minimum Gasteiger partial charge on any atom is -0.457 e. The van der Waals surface area contributed by atoms with Gasteiger partial charge in [-0.3, -0.25) is 14.6 Å². The third-order valence-corrected chi connectivity index (χ3v) is 7.25. The number of carbonyl (C=O) groups excluding carboxylic acids is 3. The number of pyridine rings is 1. The summed E-state index contributed by atoms with van der Waals surface area (Å²) in [6.07, 6.45) is 2.26. The number of nitrogens with zero attached hydrogens (tertiary/aromatic N) is 2. The Kier molecular flexibility index (Phi) is 7.22. The molecule has 2 heterocycles. The van der Waals surface area contributed by atoms with Crippen LogP contribution in [0.15, 0.2) is 85.1 Å². The molecule has 0 atom stereocenters. The molecule has 1 saturated heterocycles. The summed E-state index contributed by atoms with van der Waals surface area (Å²) in [4.78, 5) is 44.3. The molecule has 1 saturated carbocycles. The van der Waals surface area contributed by atoms with Crippen LogP contribution in [-0.4, -0.2) is 54.0 Å². The van der Waals surface area contributed by atoms with E-state index in [0.29, 0.717) is 60.1 Å². The van der Waals surface area contributed by atoms with Crippen LogP contribution in [0.5, 0.6) is 17.2 Å². The fourth-order valence-electron chi connectivity index (χ4n) is 4.71. The summed E-state index contributed by atoms with van der Waals surface area (Å²) < 4.78 is 11.7. The normalized spacial score (nSPS) is 15.6. The van der Waals surface area contributed by atoms with E-state index in [1.54, 1.807) is 65.7 Å². The number of hydrogen-bond acceptors (Lipinski definition) is 7. The fourth-order valence-corrected chi connectivity index (χ4v) is 4.71. The van der Waals surface area contributed by atoms with Crippen molar-refractivity contribution in [3.8, 4) is 17.2 Å². The molecular weight excluding hydrogens is 522 g/mol. The number of amides is 3. The number of nitrogens with one attached hydrogen (secondary N) is 3. The molecule has 0 radical (unpaired) electrons. The summed E-state index contributed by atoms with van der Waals surface area (Å²) in [5, 5.41) is 9.66. The fraction of sp³-hybridized carbons (Fsp3) is 0.226. The Labute approximate surface area is 236 Å².